The number of nitriles is 1. The number of hydrogen-bond donors (Lipinski definition) is 1. The second-order valence-electron chi connectivity index (χ2n) is 7.83. The van der Waals surface area contributed by atoms with Gasteiger partial charge in [0.1, 0.15) is 6.07 Å². The summed E-state index contributed by atoms with van der Waals surface area (Å²) in [5.41, 5.74) is 2.92. The molecule has 0 radical (unpaired) electrons. The number of aromatic nitrogens is 2. The Morgan fingerprint density at radius 3 is 2.85 bits per heavy atom. The highest BCUT2D eigenvalue weighted by Crippen LogP contribution is 2.52. The van der Waals surface area contributed by atoms with Gasteiger partial charge in [0, 0.05) is 11.6 Å². The first kappa shape index (κ1) is 18.7. The molecule has 1 heterocycles. The molecule has 2 aromatic rings. The van der Waals surface area contributed by atoms with Crippen LogP contribution in [-0.2, 0) is 12.8 Å². The topological polar surface area (TPSA) is 61.6 Å². The first-order valence-corrected chi connectivity index (χ1v) is 9.52. The van der Waals surface area contributed by atoms with Crippen LogP contribution < -0.4 is 5.32 Å². The highest BCUT2D eigenvalue weighted by Gasteiger charge is 2.45. The minimum Gasteiger partial charge on any atom is -0.354 e. The number of hydrogen-bond acceptors (Lipinski definition) is 4. The van der Waals surface area contributed by atoms with E-state index in [1.807, 2.05) is 18.2 Å². The van der Waals surface area contributed by atoms with Crippen molar-refractivity contribution in [2.24, 2.45) is 17.3 Å². The van der Waals surface area contributed by atoms with Gasteiger partial charge in [-0.05, 0) is 54.2 Å². The number of nitrogens with zero attached hydrogens (tertiary/aromatic N) is 3. The number of anilines is 1. The summed E-state index contributed by atoms with van der Waals surface area (Å²) in [6.45, 7) is 7.63. The van der Waals surface area contributed by atoms with E-state index in [1.54, 1.807) is 6.20 Å². The van der Waals surface area contributed by atoms with Gasteiger partial charge in [0.05, 0.1) is 17.5 Å². The van der Waals surface area contributed by atoms with E-state index in [0.29, 0.717) is 22.8 Å². The Labute approximate surface area is 160 Å². The van der Waals surface area contributed by atoms with E-state index in [2.05, 4.69) is 48.2 Å². The molecule has 0 aliphatic heterocycles. The van der Waals surface area contributed by atoms with Gasteiger partial charge >= 0.3 is 0 Å². The minimum absolute atomic E-state index is 0.303. The lowest BCUT2D eigenvalue weighted by Crippen LogP contribution is -2.44. The summed E-state index contributed by atoms with van der Waals surface area (Å²) in [6.07, 6.45) is 4.51. The molecule has 1 aliphatic carbocycles. The average molecular weight is 369 g/mol. The normalized spacial score (nSPS) is 20.9. The zero-order valence-corrected chi connectivity index (χ0v) is 16.3. The molecule has 5 heteroatoms. The second-order valence-corrected chi connectivity index (χ2v) is 8.27. The van der Waals surface area contributed by atoms with Gasteiger partial charge in [-0.15, -0.1) is 0 Å². The van der Waals surface area contributed by atoms with Crippen molar-refractivity contribution in [2.75, 3.05) is 11.9 Å². The van der Waals surface area contributed by atoms with Gasteiger partial charge in [-0.25, -0.2) is 9.97 Å². The summed E-state index contributed by atoms with van der Waals surface area (Å²) in [4.78, 5) is 8.92. The SMILES string of the molecule is C[C@@H]1C[C@H](Cc2nc(NCCc3cccc(Cl)c3)ncc2C#N)C1(C)C. The maximum absolute atomic E-state index is 9.38. The van der Waals surface area contributed by atoms with Crippen molar-refractivity contribution in [3.8, 4) is 6.07 Å². The van der Waals surface area contributed by atoms with Gasteiger partial charge in [-0.3, -0.25) is 0 Å². The van der Waals surface area contributed by atoms with Crippen LogP contribution in [0.25, 0.3) is 0 Å². The molecule has 1 aliphatic rings. The summed E-state index contributed by atoms with van der Waals surface area (Å²) in [5.74, 6) is 1.88. The molecular weight excluding hydrogens is 344 g/mol. The lowest BCUT2D eigenvalue weighted by Gasteiger charge is -2.51. The van der Waals surface area contributed by atoms with Gasteiger partial charge in [-0.2, -0.15) is 5.26 Å². The number of rotatable bonds is 6. The van der Waals surface area contributed by atoms with Gasteiger partial charge in [-0.1, -0.05) is 44.5 Å². The van der Waals surface area contributed by atoms with Crippen LogP contribution in [0.2, 0.25) is 5.02 Å². The standard InChI is InChI=1S/C21H25ClN4/c1-14-9-17(21(14,2)3)11-19-16(12-23)13-25-20(26-19)24-8-7-15-5-4-6-18(22)10-15/h4-6,10,13-14,17H,7-9,11H2,1-3H3,(H,24,25,26)/t14-,17-/m1/s1. The molecule has 0 saturated heterocycles. The first-order chi connectivity index (χ1) is 12.4. The van der Waals surface area contributed by atoms with Crippen LogP contribution in [0.15, 0.2) is 30.5 Å². The van der Waals surface area contributed by atoms with Crippen molar-refractivity contribution in [1.29, 1.82) is 5.26 Å². The fourth-order valence-corrected chi connectivity index (χ4v) is 3.83. The van der Waals surface area contributed by atoms with Crippen molar-refractivity contribution < 1.29 is 0 Å². The van der Waals surface area contributed by atoms with Crippen molar-refractivity contribution in [1.82, 2.24) is 9.97 Å². The lowest BCUT2D eigenvalue weighted by molar-refractivity contribution is -0.00772. The maximum atomic E-state index is 9.38. The van der Waals surface area contributed by atoms with Crippen LogP contribution >= 0.6 is 11.6 Å². The highest BCUT2D eigenvalue weighted by atomic mass is 35.5. The second kappa shape index (κ2) is 7.63. The van der Waals surface area contributed by atoms with Crippen LogP contribution in [0.5, 0.6) is 0 Å². The minimum atomic E-state index is 0.303. The Kier molecular flexibility index (Phi) is 5.48. The van der Waals surface area contributed by atoms with E-state index in [4.69, 9.17) is 11.6 Å². The van der Waals surface area contributed by atoms with Crippen molar-refractivity contribution >= 4 is 17.5 Å². The van der Waals surface area contributed by atoms with Gasteiger partial charge in [0.2, 0.25) is 5.95 Å². The zero-order valence-electron chi connectivity index (χ0n) is 15.6. The third-order valence-corrected chi connectivity index (χ3v) is 6.21. The largest absolute Gasteiger partial charge is 0.354 e. The summed E-state index contributed by atoms with van der Waals surface area (Å²) in [7, 11) is 0. The first-order valence-electron chi connectivity index (χ1n) is 9.14. The van der Waals surface area contributed by atoms with Crippen LogP contribution in [0, 0.1) is 28.6 Å². The molecule has 136 valence electrons. The summed E-state index contributed by atoms with van der Waals surface area (Å²) >= 11 is 6.02. The fourth-order valence-electron chi connectivity index (χ4n) is 3.62. The Hall–Kier alpha value is -2.12. The molecule has 1 aromatic heterocycles. The predicted molar refractivity (Wildman–Crippen MR) is 105 cm³/mol. The van der Waals surface area contributed by atoms with Gasteiger partial charge < -0.3 is 5.32 Å². The lowest BCUT2D eigenvalue weighted by atomic mass is 9.54. The highest BCUT2D eigenvalue weighted by molar-refractivity contribution is 6.30. The van der Waals surface area contributed by atoms with E-state index < -0.39 is 0 Å². The van der Waals surface area contributed by atoms with E-state index in [9.17, 15) is 5.26 Å². The molecule has 0 bridgehead atoms. The third kappa shape index (κ3) is 3.99. The summed E-state index contributed by atoms with van der Waals surface area (Å²) < 4.78 is 0. The Morgan fingerprint density at radius 1 is 1.38 bits per heavy atom. The monoisotopic (exact) mass is 368 g/mol. The molecular formula is C21H25ClN4. The Morgan fingerprint density at radius 2 is 2.19 bits per heavy atom. The predicted octanol–water partition coefficient (Wildman–Crippen LogP) is 4.88. The van der Waals surface area contributed by atoms with Crippen LogP contribution in [0.1, 0.15) is 44.0 Å². The Balaban J connectivity index is 1.65. The van der Waals surface area contributed by atoms with Crippen molar-refractivity contribution in [3.05, 3.63) is 52.3 Å². The molecule has 0 amide bonds. The maximum Gasteiger partial charge on any atom is 0.222 e. The van der Waals surface area contributed by atoms with E-state index >= 15 is 0 Å². The molecule has 3 rings (SSSR count). The molecule has 1 aromatic carbocycles. The van der Waals surface area contributed by atoms with Crippen LogP contribution in [0.4, 0.5) is 5.95 Å². The van der Waals surface area contributed by atoms with E-state index in [-0.39, 0.29) is 0 Å². The molecule has 4 nitrogen and oxygen atoms in total. The third-order valence-electron chi connectivity index (χ3n) is 5.97. The molecule has 1 N–H and O–H groups in total. The van der Waals surface area contributed by atoms with Gasteiger partial charge in [0.15, 0.2) is 0 Å². The fraction of sp³-hybridized carbons (Fsp3) is 0.476. The van der Waals surface area contributed by atoms with Crippen molar-refractivity contribution in [3.63, 3.8) is 0 Å². The zero-order chi connectivity index (χ0) is 18.7. The molecule has 26 heavy (non-hydrogen) atoms. The van der Waals surface area contributed by atoms with Crippen LogP contribution in [0.3, 0.4) is 0 Å². The Bertz CT molecular complexity index is 825. The van der Waals surface area contributed by atoms with E-state index in [0.717, 1.165) is 36.0 Å². The number of nitrogens with one attached hydrogen (secondary N) is 1. The van der Waals surface area contributed by atoms with Gasteiger partial charge in [0.25, 0.3) is 0 Å². The van der Waals surface area contributed by atoms with E-state index in [1.165, 1.54) is 12.0 Å². The average Bonchev–Trinajstić information content (AvgIpc) is 2.62. The summed E-state index contributed by atoms with van der Waals surface area (Å²) in [5, 5.41) is 13.4. The number of halogens is 1. The molecule has 2 atom stereocenters. The van der Waals surface area contributed by atoms with Crippen molar-refractivity contribution in [2.45, 2.75) is 40.0 Å². The van der Waals surface area contributed by atoms with Crippen LogP contribution in [-0.4, -0.2) is 16.5 Å². The molecule has 0 unspecified atom stereocenters. The molecule has 0 spiro atoms. The molecule has 1 fully saturated rings. The quantitative estimate of drug-likeness (QED) is 0.789. The molecule has 1 saturated carbocycles. The number of benzene rings is 1. The summed E-state index contributed by atoms with van der Waals surface area (Å²) in [6, 6.07) is 10.1. The smallest absolute Gasteiger partial charge is 0.222 e.